The first-order valence-corrected chi connectivity index (χ1v) is 13.1. The van der Waals surface area contributed by atoms with Crippen molar-refractivity contribution in [1.82, 2.24) is 10.2 Å². The van der Waals surface area contributed by atoms with E-state index in [0.717, 1.165) is 22.5 Å². The number of hydrogen-bond donors (Lipinski definition) is 1. The number of carbonyl (C=O) groups excluding carboxylic acids is 2. The minimum atomic E-state index is -3.85. The molecule has 2 aromatic rings. The summed E-state index contributed by atoms with van der Waals surface area (Å²) in [6.07, 6.45) is 1.73. The van der Waals surface area contributed by atoms with E-state index in [1.807, 2.05) is 44.2 Å². The van der Waals surface area contributed by atoms with Gasteiger partial charge in [0.25, 0.3) is 0 Å². The third-order valence-corrected chi connectivity index (χ3v) is 6.76. The average molecular weight is 514 g/mol. The molecule has 0 bridgehead atoms. The van der Waals surface area contributed by atoms with E-state index in [4.69, 9.17) is 23.2 Å². The van der Waals surface area contributed by atoms with Crippen LogP contribution < -0.4 is 9.62 Å². The molecule has 2 rings (SSSR count). The van der Waals surface area contributed by atoms with Crippen molar-refractivity contribution in [3.8, 4) is 0 Å². The van der Waals surface area contributed by atoms with Crippen LogP contribution in [0.25, 0.3) is 0 Å². The van der Waals surface area contributed by atoms with E-state index in [2.05, 4.69) is 5.32 Å². The number of hydrogen-bond acceptors (Lipinski definition) is 4. The molecule has 0 aromatic heterocycles. The maximum atomic E-state index is 13.4. The van der Waals surface area contributed by atoms with Gasteiger partial charge in [-0.3, -0.25) is 13.9 Å². The number of halogens is 2. The van der Waals surface area contributed by atoms with Crippen molar-refractivity contribution < 1.29 is 18.0 Å². The van der Waals surface area contributed by atoms with Crippen molar-refractivity contribution in [2.24, 2.45) is 0 Å². The molecule has 2 amide bonds. The summed E-state index contributed by atoms with van der Waals surface area (Å²) in [5, 5.41) is 3.36. The molecule has 0 spiro atoms. The number of sulfonamides is 1. The van der Waals surface area contributed by atoms with Crippen molar-refractivity contribution >= 4 is 50.7 Å². The van der Waals surface area contributed by atoms with Crippen LogP contribution >= 0.6 is 23.2 Å². The largest absolute Gasteiger partial charge is 0.352 e. The summed E-state index contributed by atoms with van der Waals surface area (Å²) in [5.41, 5.74) is 0.977. The molecule has 0 aliphatic carbocycles. The van der Waals surface area contributed by atoms with Crippen LogP contribution in [0.5, 0.6) is 0 Å². The second-order valence-corrected chi connectivity index (χ2v) is 10.7. The van der Waals surface area contributed by atoms with Gasteiger partial charge in [-0.1, -0.05) is 60.5 Å². The highest BCUT2D eigenvalue weighted by molar-refractivity contribution is 7.92. The van der Waals surface area contributed by atoms with Crippen LogP contribution in [-0.2, 0) is 26.2 Å². The fraction of sp³-hybridized carbons (Fsp3) is 0.391. The molecule has 2 atom stereocenters. The molecule has 0 saturated carbocycles. The molecule has 0 fully saturated rings. The van der Waals surface area contributed by atoms with Crippen LogP contribution in [-0.4, -0.2) is 50.0 Å². The maximum absolute atomic E-state index is 13.4. The molecular formula is C23H29Cl2N3O4S. The zero-order chi connectivity index (χ0) is 24.8. The second kappa shape index (κ2) is 11.7. The second-order valence-electron chi connectivity index (χ2n) is 7.90. The average Bonchev–Trinajstić information content (AvgIpc) is 2.74. The molecule has 10 heteroatoms. The minimum absolute atomic E-state index is 0.0604. The molecule has 0 aliphatic rings. The van der Waals surface area contributed by atoms with Gasteiger partial charge in [-0.15, -0.1) is 0 Å². The number of benzene rings is 2. The lowest BCUT2D eigenvalue weighted by Crippen LogP contribution is -2.52. The monoisotopic (exact) mass is 513 g/mol. The highest BCUT2D eigenvalue weighted by atomic mass is 35.5. The highest BCUT2D eigenvalue weighted by Gasteiger charge is 2.30. The van der Waals surface area contributed by atoms with Crippen LogP contribution in [0.1, 0.15) is 32.8 Å². The van der Waals surface area contributed by atoms with Gasteiger partial charge in [0.2, 0.25) is 21.8 Å². The lowest BCUT2D eigenvalue weighted by atomic mass is 10.1. The predicted octanol–water partition coefficient (Wildman–Crippen LogP) is 4.09. The normalized spacial score (nSPS) is 13.2. The summed E-state index contributed by atoms with van der Waals surface area (Å²) < 4.78 is 26.0. The van der Waals surface area contributed by atoms with Gasteiger partial charge in [-0.25, -0.2) is 8.42 Å². The standard InChI is InChI=1S/C23H29Cl2N3O4S/c1-5-16(2)26-23(30)17(3)27(14-18-9-7-6-8-10-18)22(29)15-28(33(4,31)32)21-12-19(24)11-20(25)13-21/h6-13,16-17H,5,14-15H2,1-4H3,(H,26,30)/t16-,17-/m0/s1. The van der Waals surface area contributed by atoms with Gasteiger partial charge in [0.1, 0.15) is 12.6 Å². The van der Waals surface area contributed by atoms with Crippen LogP contribution in [0.4, 0.5) is 5.69 Å². The Morgan fingerprint density at radius 2 is 1.61 bits per heavy atom. The van der Waals surface area contributed by atoms with Gasteiger partial charge in [0, 0.05) is 22.6 Å². The number of rotatable bonds is 10. The summed E-state index contributed by atoms with van der Waals surface area (Å²) in [5.74, 6) is -0.850. The van der Waals surface area contributed by atoms with Crippen molar-refractivity contribution in [3.05, 3.63) is 64.1 Å². The minimum Gasteiger partial charge on any atom is -0.352 e. The third kappa shape index (κ3) is 7.91. The third-order valence-electron chi connectivity index (χ3n) is 5.18. The van der Waals surface area contributed by atoms with Gasteiger partial charge in [-0.05, 0) is 44.0 Å². The van der Waals surface area contributed by atoms with Crippen LogP contribution in [0, 0.1) is 0 Å². The first-order chi connectivity index (χ1) is 15.4. The number of nitrogens with one attached hydrogen (secondary N) is 1. The van der Waals surface area contributed by atoms with Gasteiger partial charge in [0.05, 0.1) is 11.9 Å². The van der Waals surface area contributed by atoms with Crippen LogP contribution in [0.15, 0.2) is 48.5 Å². The van der Waals surface area contributed by atoms with E-state index in [1.54, 1.807) is 6.92 Å². The zero-order valence-corrected chi connectivity index (χ0v) is 21.4. The van der Waals surface area contributed by atoms with Crippen molar-refractivity contribution in [2.75, 3.05) is 17.1 Å². The van der Waals surface area contributed by atoms with E-state index < -0.39 is 28.5 Å². The molecule has 0 heterocycles. The summed E-state index contributed by atoms with van der Waals surface area (Å²) in [4.78, 5) is 27.6. The Morgan fingerprint density at radius 3 is 2.12 bits per heavy atom. The van der Waals surface area contributed by atoms with Crippen LogP contribution in [0.2, 0.25) is 10.0 Å². The molecule has 0 aliphatic heterocycles. The summed E-state index contributed by atoms with van der Waals surface area (Å²) in [6.45, 7) is 5.08. The quantitative estimate of drug-likeness (QED) is 0.518. The maximum Gasteiger partial charge on any atom is 0.244 e. The molecule has 33 heavy (non-hydrogen) atoms. The first-order valence-electron chi connectivity index (χ1n) is 10.5. The first kappa shape index (κ1) is 27.0. The van der Waals surface area contributed by atoms with Crippen molar-refractivity contribution in [1.29, 1.82) is 0 Å². The highest BCUT2D eigenvalue weighted by Crippen LogP contribution is 2.27. The molecule has 0 radical (unpaired) electrons. The molecule has 2 aromatic carbocycles. The zero-order valence-electron chi connectivity index (χ0n) is 19.1. The predicted molar refractivity (Wildman–Crippen MR) is 133 cm³/mol. The number of anilines is 1. The Kier molecular flexibility index (Phi) is 9.57. The Labute approximate surface area is 205 Å². The van der Waals surface area contributed by atoms with Gasteiger partial charge in [-0.2, -0.15) is 0 Å². The van der Waals surface area contributed by atoms with Gasteiger partial charge >= 0.3 is 0 Å². The molecule has 7 nitrogen and oxygen atoms in total. The Hall–Kier alpha value is -2.29. The van der Waals surface area contributed by atoms with Crippen LogP contribution in [0.3, 0.4) is 0 Å². The van der Waals surface area contributed by atoms with E-state index in [-0.39, 0.29) is 34.2 Å². The lowest BCUT2D eigenvalue weighted by molar-refractivity contribution is -0.139. The SMILES string of the molecule is CC[C@H](C)NC(=O)[C@H](C)N(Cc1ccccc1)C(=O)CN(c1cc(Cl)cc(Cl)c1)S(C)(=O)=O. The Morgan fingerprint density at radius 1 is 1.03 bits per heavy atom. The summed E-state index contributed by atoms with van der Waals surface area (Å²) in [6, 6.07) is 12.6. The molecular weight excluding hydrogens is 485 g/mol. The molecule has 0 saturated heterocycles. The van der Waals surface area contributed by atoms with E-state index >= 15 is 0 Å². The molecule has 1 N–H and O–H groups in total. The number of nitrogens with zero attached hydrogens (tertiary/aromatic N) is 2. The Balaban J connectivity index is 2.39. The topological polar surface area (TPSA) is 86.8 Å². The fourth-order valence-electron chi connectivity index (χ4n) is 3.13. The summed E-state index contributed by atoms with van der Waals surface area (Å²) >= 11 is 12.1. The van der Waals surface area contributed by atoms with E-state index in [9.17, 15) is 18.0 Å². The number of carbonyl (C=O) groups is 2. The van der Waals surface area contributed by atoms with Crippen molar-refractivity contribution in [2.45, 2.75) is 45.8 Å². The molecule has 180 valence electrons. The number of amides is 2. The fourth-order valence-corrected chi connectivity index (χ4v) is 4.47. The molecule has 0 unspecified atom stereocenters. The smallest absolute Gasteiger partial charge is 0.244 e. The van der Waals surface area contributed by atoms with Crippen molar-refractivity contribution in [3.63, 3.8) is 0 Å². The Bertz CT molecular complexity index is 1060. The van der Waals surface area contributed by atoms with E-state index in [0.29, 0.717) is 0 Å². The summed E-state index contributed by atoms with van der Waals surface area (Å²) in [7, 11) is -3.85. The van der Waals surface area contributed by atoms with Gasteiger partial charge in [0.15, 0.2) is 0 Å². The lowest BCUT2D eigenvalue weighted by Gasteiger charge is -2.32. The van der Waals surface area contributed by atoms with Gasteiger partial charge < -0.3 is 10.2 Å². The van der Waals surface area contributed by atoms with E-state index in [1.165, 1.54) is 23.1 Å².